The number of methoxy groups -OCH3 is 1. The van der Waals surface area contributed by atoms with Crippen LogP contribution in [0.3, 0.4) is 0 Å². The molecule has 0 aliphatic carbocycles. The molecule has 0 fully saturated rings. The second-order valence-corrected chi connectivity index (χ2v) is 2.07. The molecular formula is C7H12O5. The smallest absolute Gasteiger partial charge is 0.322 e. The van der Waals surface area contributed by atoms with Gasteiger partial charge >= 0.3 is 11.9 Å². The zero-order valence-electron chi connectivity index (χ0n) is 7.07. The lowest BCUT2D eigenvalue weighted by molar-refractivity contribution is -0.159. The molecule has 0 rings (SSSR count). The van der Waals surface area contributed by atoms with E-state index in [0.717, 1.165) is 7.11 Å². The van der Waals surface area contributed by atoms with Crippen molar-refractivity contribution < 1.29 is 24.2 Å². The predicted octanol–water partition coefficient (Wildman–Crippen LogP) is -0.103. The number of ether oxygens (including phenoxy) is 2. The summed E-state index contributed by atoms with van der Waals surface area (Å²) in [7, 11) is 1.14. The van der Waals surface area contributed by atoms with Crippen LogP contribution >= 0.6 is 0 Å². The number of carboxylic acid groups (broad SMARTS) is 1. The summed E-state index contributed by atoms with van der Waals surface area (Å²) in [6, 6.07) is 0. The van der Waals surface area contributed by atoms with Crippen molar-refractivity contribution in [1.29, 1.82) is 0 Å². The van der Waals surface area contributed by atoms with Gasteiger partial charge in [0.25, 0.3) is 0 Å². The molecule has 5 nitrogen and oxygen atoms in total. The summed E-state index contributed by atoms with van der Waals surface area (Å²) in [6.45, 7) is 1.95. The van der Waals surface area contributed by atoms with Gasteiger partial charge < -0.3 is 14.6 Å². The number of aliphatic carboxylic acids is 1. The maximum atomic E-state index is 10.8. The van der Waals surface area contributed by atoms with Gasteiger partial charge in [0.15, 0.2) is 5.92 Å². The van der Waals surface area contributed by atoms with Crippen LogP contribution in [0.15, 0.2) is 0 Å². The molecule has 0 aliphatic heterocycles. The van der Waals surface area contributed by atoms with Crippen LogP contribution in [0.25, 0.3) is 0 Å². The summed E-state index contributed by atoms with van der Waals surface area (Å²) in [5, 5.41) is 8.52. The van der Waals surface area contributed by atoms with Crippen LogP contribution < -0.4 is 0 Å². The van der Waals surface area contributed by atoms with Crippen LogP contribution in [-0.4, -0.2) is 37.4 Å². The maximum absolute atomic E-state index is 10.8. The van der Waals surface area contributed by atoms with Crippen LogP contribution in [0.4, 0.5) is 0 Å². The SMILES string of the molecule is CCOCC(C(=O)O)C(=O)OC. The topological polar surface area (TPSA) is 72.8 Å². The molecule has 1 atom stereocenters. The molecule has 1 N–H and O–H groups in total. The fraction of sp³-hybridized carbons (Fsp3) is 0.714. The van der Waals surface area contributed by atoms with Crippen LogP contribution in [0.1, 0.15) is 6.92 Å². The lowest BCUT2D eigenvalue weighted by atomic mass is 10.2. The zero-order valence-corrected chi connectivity index (χ0v) is 7.07. The van der Waals surface area contributed by atoms with E-state index < -0.39 is 17.9 Å². The van der Waals surface area contributed by atoms with E-state index in [2.05, 4.69) is 4.74 Å². The van der Waals surface area contributed by atoms with Gasteiger partial charge in [-0.05, 0) is 6.92 Å². The van der Waals surface area contributed by atoms with E-state index in [0.29, 0.717) is 6.61 Å². The minimum Gasteiger partial charge on any atom is -0.481 e. The van der Waals surface area contributed by atoms with E-state index >= 15 is 0 Å². The molecule has 5 heteroatoms. The Kier molecular flexibility index (Phi) is 5.03. The van der Waals surface area contributed by atoms with Gasteiger partial charge in [-0.3, -0.25) is 9.59 Å². The number of carbonyl (C=O) groups is 2. The maximum Gasteiger partial charge on any atom is 0.322 e. The fourth-order valence-corrected chi connectivity index (χ4v) is 0.618. The Hall–Kier alpha value is -1.10. The molecule has 0 saturated carbocycles. The van der Waals surface area contributed by atoms with Crippen LogP contribution in [0, 0.1) is 5.92 Å². The first-order valence-electron chi connectivity index (χ1n) is 3.51. The standard InChI is InChI=1S/C7H12O5/c1-3-12-4-5(6(8)9)7(10)11-2/h5H,3-4H2,1-2H3,(H,8,9). The van der Waals surface area contributed by atoms with Gasteiger partial charge in [-0.2, -0.15) is 0 Å². The van der Waals surface area contributed by atoms with Crippen molar-refractivity contribution in [3.8, 4) is 0 Å². The quantitative estimate of drug-likeness (QED) is 0.467. The third-order valence-corrected chi connectivity index (χ3v) is 1.27. The average Bonchev–Trinajstić information content (AvgIpc) is 2.04. The molecule has 12 heavy (non-hydrogen) atoms. The van der Waals surface area contributed by atoms with E-state index in [9.17, 15) is 9.59 Å². The van der Waals surface area contributed by atoms with Gasteiger partial charge in [-0.15, -0.1) is 0 Å². The molecular weight excluding hydrogens is 164 g/mol. The molecule has 0 aliphatic rings. The third kappa shape index (κ3) is 3.34. The van der Waals surface area contributed by atoms with Gasteiger partial charge in [-0.1, -0.05) is 0 Å². The number of rotatable bonds is 5. The van der Waals surface area contributed by atoms with Crippen molar-refractivity contribution in [3.63, 3.8) is 0 Å². The minimum atomic E-state index is -1.23. The Morgan fingerprint density at radius 1 is 1.50 bits per heavy atom. The lowest BCUT2D eigenvalue weighted by Gasteiger charge is -2.08. The van der Waals surface area contributed by atoms with Gasteiger partial charge in [0.1, 0.15) is 0 Å². The lowest BCUT2D eigenvalue weighted by Crippen LogP contribution is -2.29. The van der Waals surface area contributed by atoms with Gasteiger partial charge in [-0.25, -0.2) is 0 Å². The molecule has 0 aromatic carbocycles. The summed E-state index contributed by atoms with van der Waals surface area (Å²) in [5.41, 5.74) is 0. The van der Waals surface area contributed by atoms with E-state index in [1.54, 1.807) is 6.92 Å². The Balaban J connectivity index is 4.04. The second kappa shape index (κ2) is 5.54. The summed E-state index contributed by atoms with van der Waals surface area (Å²) < 4.78 is 9.07. The summed E-state index contributed by atoms with van der Waals surface area (Å²) in [5.74, 6) is -3.22. The van der Waals surface area contributed by atoms with Crippen molar-refractivity contribution in [2.45, 2.75) is 6.92 Å². The largest absolute Gasteiger partial charge is 0.481 e. The average molecular weight is 176 g/mol. The Morgan fingerprint density at radius 2 is 2.08 bits per heavy atom. The summed E-state index contributed by atoms with van der Waals surface area (Å²) in [6.07, 6.45) is 0. The normalized spacial score (nSPS) is 12.2. The first-order chi connectivity index (χ1) is 5.63. The third-order valence-electron chi connectivity index (χ3n) is 1.27. The van der Waals surface area contributed by atoms with Crippen LogP contribution in [-0.2, 0) is 19.1 Å². The zero-order chi connectivity index (χ0) is 9.56. The second-order valence-electron chi connectivity index (χ2n) is 2.07. The first-order valence-corrected chi connectivity index (χ1v) is 3.51. The number of hydrogen-bond donors (Lipinski definition) is 1. The Bertz CT molecular complexity index is 165. The van der Waals surface area contributed by atoms with Crippen molar-refractivity contribution >= 4 is 11.9 Å². The number of hydrogen-bond acceptors (Lipinski definition) is 4. The molecule has 0 spiro atoms. The Labute approximate surface area is 70.3 Å². The first kappa shape index (κ1) is 10.9. The summed E-state index contributed by atoms with van der Waals surface area (Å²) >= 11 is 0. The molecule has 0 aromatic heterocycles. The van der Waals surface area contributed by atoms with Gasteiger partial charge in [0, 0.05) is 6.61 Å². The van der Waals surface area contributed by atoms with E-state index in [1.807, 2.05) is 0 Å². The van der Waals surface area contributed by atoms with Crippen molar-refractivity contribution in [2.75, 3.05) is 20.3 Å². The molecule has 0 saturated heterocycles. The van der Waals surface area contributed by atoms with Crippen molar-refractivity contribution in [1.82, 2.24) is 0 Å². The molecule has 0 radical (unpaired) electrons. The van der Waals surface area contributed by atoms with Crippen molar-refractivity contribution in [2.24, 2.45) is 5.92 Å². The van der Waals surface area contributed by atoms with E-state index in [-0.39, 0.29) is 6.61 Å². The van der Waals surface area contributed by atoms with Crippen molar-refractivity contribution in [3.05, 3.63) is 0 Å². The minimum absolute atomic E-state index is 0.140. The molecule has 1 unspecified atom stereocenters. The van der Waals surface area contributed by atoms with E-state index in [1.165, 1.54) is 0 Å². The van der Waals surface area contributed by atoms with Gasteiger partial charge in [0.2, 0.25) is 0 Å². The molecule has 70 valence electrons. The number of esters is 1. The van der Waals surface area contributed by atoms with Gasteiger partial charge in [0.05, 0.1) is 13.7 Å². The highest BCUT2D eigenvalue weighted by Gasteiger charge is 2.26. The van der Waals surface area contributed by atoms with Crippen LogP contribution in [0.2, 0.25) is 0 Å². The number of carboxylic acids is 1. The summed E-state index contributed by atoms with van der Waals surface area (Å²) in [4.78, 5) is 21.2. The number of carbonyl (C=O) groups excluding carboxylic acids is 1. The Morgan fingerprint density at radius 3 is 2.42 bits per heavy atom. The molecule has 0 bridgehead atoms. The molecule has 0 amide bonds. The highest BCUT2D eigenvalue weighted by atomic mass is 16.5. The highest BCUT2D eigenvalue weighted by molar-refractivity contribution is 5.93. The monoisotopic (exact) mass is 176 g/mol. The molecule has 0 aromatic rings. The molecule has 0 heterocycles. The fourth-order valence-electron chi connectivity index (χ4n) is 0.618. The van der Waals surface area contributed by atoms with Crippen LogP contribution in [0.5, 0.6) is 0 Å². The highest BCUT2D eigenvalue weighted by Crippen LogP contribution is 2.00. The van der Waals surface area contributed by atoms with E-state index in [4.69, 9.17) is 9.84 Å². The predicted molar refractivity (Wildman–Crippen MR) is 39.6 cm³/mol.